The van der Waals surface area contributed by atoms with Crippen molar-refractivity contribution in [2.45, 2.75) is 13.0 Å². The summed E-state index contributed by atoms with van der Waals surface area (Å²) in [5.41, 5.74) is 1.55. The van der Waals surface area contributed by atoms with Crippen LogP contribution in [-0.2, 0) is 4.79 Å². The Balaban J connectivity index is 1.53. The van der Waals surface area contributed by atoms with Crippen LogP contribution in [-0.4, -0.2) is 22.7 Å². The van der Waals surface area contributed by atoms with E-state index in [2.05, 4.69) is 15.5 Å². The lowest BCUT2D eigenvalue weighted by atomic mass is 10.1. The minimum Gasteiger partial charge on any atom is -0.484 e. The van der Waals surface area contributed by atoms with Gasteiger partial charge in [0, 0.05) is 15.6 Å². The predicted molar refractivity (Wildman–Crippen MR) is 98.2 cm³/mol. The molecule has 0 unspecified atom stereocenters. The van der Waals surface area contributed by atoms with Crippen LogP contribution in [0.5, 0.6) is 5.75 Å². The van der Waals surface area contributed by atoms with Crippen LogP contribution in [0.2, 0.25) is 10.0 Å². The molecule has 3 rings (SSSR count). The van der Waals surface area contributed by atoms with Crippen LogP contribution < -0.4 is 10.1 Å². The van der Waals surface area contributed by atoms with Crippen molar-refractivity contribution < 1.29 is 13.9 Å². The Bertz CT molecular complexity index is 883. The van der Waals surface area contributed by atoms with Crippen molar-refractivity contribution >= 4 is 29.1 Å². The number of amides is 1. The summed E-state index contributed by atoms with van der Waals surface area (Å²) in [5.74, 6) is 0.716. The van der Waals surface area contributed by atoms with Crippen molar-refractivity contribution in [3.8, 4) is 17.2 Å². The molecule has 3 aromatic rings. The smallest absolute Gasteiger partial charge is 0.258 e. The summed E-state index contributed by atoms with van der Waals surface area (Å²) in [4.78, 5) is 12.1. The number of hydrogen-bond acceptors (Lipinski definition) is 5. The number of carbonyl (C=O) groups excluding carboxylic acids is 1. The van der Waals surface area contributed by atoms with Crippen LogP contribution in [0.3, 0.4) is 0 Å². The number of ether oxygens (including phenoxy) is 1. The highest BCUT2D eigenvalue weighted by Gasteiger charge is 2.13. The van der Waals surface area contributed by atoms with E-state index in [1.807, 2.05) is 6.92 Å². The third-order valence-corrected chi connectivity index (χ3v) is 4.20. The molecule has 1 heterocycles. The number of carbonyl (C=O) groups is 1. The average Bonchev–Trinajstić information content (AvgIpc) is 3.15. The van der Waals surface area contributed by atoms with Crippen LogP contribution in [0.1, 0.15) is 18.5 Å². The summed E-state index contributed by atoms with van der Waals surface area (Å²) in [5, 5.41) is 11.3. The number of aromatic nitrogens is 2. The zero-order valence-corrected chi connectivity index (χ0v) is 15.3. The van der Waals surface area contributed by atoms with E-state index in [1.165, 1.54) is 6.39 Å². The molecule has 0 aliphatic heterocycles. The molecule has 134 valence electrons. The van der Waals surface area contributed by atoms with E-state index in [0.29, 0.717) is 21.7 Å². The molecule has 1 atom stereocenters. The maximum Gasteiger partial charge on any atom is 0.258 e. The Morgan fingerprint density at radius 2 is 2.00 bits per heavy atom. The van der Waals surface area contributed by atoms with E-state index in [0.717, 1.165) is 11.1 Å². The summed E-state index contributed by atoms with van der Waals surface area (Å²) >= 11 is 12.0. The van der Waals surface area contributed by atoms with Crippen LogP contribution >= 0.6 is 23.2 Å². The number of nitrogens with one attached hydrogen (secondary N) is 1. The van der Waals surface area contributed by atoms with Crippen LogP contribution in [0.4, 0.5) is 0 Å². The van der Waals surface area contributed by atoms with Crippen molar-refractivity contribution in [2.75, 3.05) is 6.61 Å². The third-order valence-electron chi connectivity index (χ3n) is 3.64. The topological polar surface area (TPSA) is 77.2 Å². The molecular weight excluding hydrogens is 377 g/mol. The molecule has 26 heavy (non-hydrogen) atoms. The Labute approximate surface area is 160 Å². The number of halogens is 2. The van der Waals surface area contributed by atoms with Crippen molar-refractivity contribution in [1.29, 1.82) is 0 Å². The molecule has 1 N–H and O–H groups in total. The van der Waals surface area contributed by atoms with Gasteiger partial charge in [-0.05, 0) is 48.9 Å². The fourth-order valence-electron chi connectivity index (χ4n) is 2.36. The Morgan fingerprint density at radius 3 is 2.65 bits per heavy atom. The van der Waals surface area contributed by atoms with Crippen LogP contribution in [0.25, 0.3) is 11.5 Å². The van der Waals surface area contributed by atoms with E-state index in [-0.39, 0.29) is 18.6 Å². The highest BCUT2D eigenvalue weighted by atomic mass is 35.5. The van der Waals surface area contributed by atoms with E-state index in [1.54, 1.807) is 42.5 Å². The molecular formula is C18H15Cl2N3O3. The summed E-state index contributed by atoms with van der Waals surface area (Å²) in [6.07, 6.45) is 1.26. The van der Waals surface area contributed by atoms with Crippen molar-refractivity contribution in [3.05, 3.63) is 64.5 Å². The van der Waals surface area contributed by atoms with E-state index < -0.39 is 0 Å². The molecule has 1 amide bonds. The lowest BCUT2D eigenvalue weighted by Gasteiger charge is -2.16. The Morgan fingerprint density at radius 1 is 1.23 bits per heavy atom. The summed E-state index contributed by atoms with van der Waals surface area (Å²) in [6, 6.07) is 11.9. The maximum absolute atomic E-state index is 12.1. The maximum atomic E-state index is 12.1. The number of rotatable bonds is 6. The first-order valence-corrected chi connectivity index (χ1v) is 8.52. The van der Waals surface area contributed by atoms with Crippen molar-refractivity contribution in [1.82, 2.24) is 15.5 Å². The fraction of sp³-hybridized carbons (Fsp3) is 0.167. The van der Waals surface area contributed by atoms with Gasteiger partial charge in [0.2, 0.25) is 12.3 Å². The molecule has 2 aromatic carbocycles. The molecule has 0 saturated carbocycles. The van der Waals surface area contributed by atoms with Crippen LogP contribution in [0, 0.1) is 0 Å². The molecule has 0 aliphatic carbocycles. The van der Waals surface area contributed by atoms with Crippen molar-refractivity contribution in [2.24, 2.45) is 0 Å². The molecule has 0 radical (unpaired) electrons. The van der Waals surface area contributed by atoms with Gasteiger partial charge in [-0.25, -0.2) is 0 Å². The van der Waals surface area contributed by atoms with Gasteiger partial charge in [0.1, 0.15) is 5.75 Å². The molecule has 8 heteroatoms. The van der Waals surface area contributed by atoms with Crippen molar-refractivity contribution in [3.63, 3.8) is 0 Å². The number of nitrogens with zero attached hydrogens (tertiary/aromatic N) is 2. The second kappa shape index (κ2) is 8.21. The van der Waals surface area contributed by atoms with Gasteiger partial charge in [0.05, 0.1) is 6.04 Å². The normalized spacial score (nSPS) is 11.8. The minimum absolute atomic E-state index is 0.116. The molecule has 0 saturated heterocycles. The highest BCUT2D eigenvalue weighted by Crippen LogP contribution is 2.26. The summed E-state index contributed by atoms with van der Waals surface area (Å²) < 4.78 is 10.6. The van der Waals surface area contributed by atoms with Gasteiger partial charge in [-0.2, -0.15) is 0 Å². The Kier molecular flexibility index (Phi) is 5.75. The first-order valence-electron chi connectivity index (χ1n) is 7.76. The molecule has 0 fully saturated rings. The van der Waals surface area contributed by atoms with Crippen LogP contribution in [0.15, 0.2) is 53.3 Å². The second-order valence-corrected chi connectivity index (χ2v) is 6.36. The van der Waals surface area contributed by atoms with E-state index in [9.17, 15) is 4.79 Å². The van der Waals surface area contributed by atoms with E-state index >= 15 is 0 Å². The molecule has 0 aliphatic rings. The summed E-state index contributed by atoms with van der Waals surface area (Å²) in [6.45, 7) is 1.72. The van der Waals surface area contributed by atoms with Gasteiger partial charge in [0.15, 0.2) is 6.61 Å². The molecule has 1 aromatic heterocycles. The number of hydrogen-bond donors (Lipinski definition) is 1. The first kappa shape index (κ1) is 18.2. The monoisotopic (exact) mass is 391 g/mol. The average molecular weight is 392 g/mol. The lowest BCUT2D eigenvalue weighted by Crippen LogP contribution is -2.31. The summed E-state index contributed by atoms with van der Waals surface area (Å²) in [7, 11) is 0. The van der Waals surface area contributed by atoms with E-state index in [4.69, 9.17) is 32.4 Å². The fourth-order valence-corrected chi connectivity index (χ4v) is 2.93. The number of benzene rings is 2. The highest BCUT2D eigenvalue weighted by molar-refractivity contribution is 6.35. The standard InChI is InChI=1S/C18H15Cl2N3O3/c1-11(15-7-4-13(19)8-16(15)20)22-17(24)9-25-14-5-2-12(3-6-14)18-23-21-10-26-18/h2-8,10-11H,9H2,1H3,(H,22,24)/t11-/m0/s1. The largest absolute Gasteiger partial charge is 0.484 e. The predicted octanol–water partition coefficient (Wildman–Crippen LogP) is 4.30. The first-order chi connectivity index (χ1) is 12.5. The molecule has 0 spiro atoms. The van der Waals surface area contributed by atoms with Gasteiger partial charge < -0.3 is 14.5 Å². The van der Waals surface area contributed by atoms with Gasteiger partial charge in [0.25, 0.3) is 5.91 Å². The molecule has 6 nitrogen and oxygen atoms in total. The van der Waals surface area contributed by atoms with Gasteiger partial charge in [-0.1, -0.05) is 29.3 Å². The van der Waals surface area contributed by atoms with Gasteiger partial charge in [-0.15, -0.1) is 10.2 Å². The molecule has 0 bridgehead atoms. The SMILES string of the molecule is C[C@H](NC(=O)COc1ccc(-c2nnco2)cc1)c1ccc(Cl)cc1Cl. The third kappa shape index (κ3) is 4.53. The van der Waals surface area contributed by atoms with Gasteiger partial charge in [-0.3, -0.25) is 4.79 Å². The zero-order chi connectivity index (χ0) is 18.5. The lowest BCUT2D eigenvalue weighted by molar-refractivity contribution is -0.123. The quantitative estimate of drug-likeness (QED) is 0.677. The zero-order valence-electron chi connectivity index (χ0n) is 13.8. The Hall–Kier alpha value is -2.57. The minimum atomic E-state index is -0.268. The van der Waals surface area contributed by atoms with Gasteiger partial charge >= 0.3 is 0 Å². The second-order valence-electron chi connectivity index (χ2n) is 5.51.